The van der Waals surface area contributed by atoms with Gasteiger partial charge in [-0.25, -0.2) is 9.97 Å². The van der Waals surface area contributed by atoms with Crippen LogP contribution in [0.5, 0.6) is 11.5 Å². The number of rotatable bonds is 9. The van der Waals surface area contributed by atoms with Crippen molar-refractivity contribution < 1.29 is 9.84 Å². The standard InChI is InChI=1S/C17H24BrN5O2/c1-4-5-20-17-22-10-14(16(23-17)19-6-7-24)25-13-8-15(18)21-9-12(13)11(2)3/h8-11,24H,4-7H2,1-3H3,(H2,19,20,22,23). The van der Waals surface area contributed by atoms with E-state index in [1.807, 2.05) is 6.07 Å². The van der Waals surface area contributed by atoms with Gasteiger partial charge in [-0.1, -0.05) is 20.8 Å². The highest BCUT2D eigenvalue weighted by molar-refractivity contribution is 9.10. The quantitative estimate of drug-likeness (QED) is 0.542. The van der Waals surface area contributed by atoms with Crippen LogP contribution in [0, 0.1) is 0 Å². The molecule has 0 spiro atoms. The van der Waals surface area contributed by atoms with E-state index in [1.54, 1.807) is 12.4 Å². The minimum absolute atomic E-state index is 0.000780. The van der Waals surface area contributed by atoms with Gasteiger partial charge in [0.2, 0.25) is 5.95 Å². The maximum absolute atomic E-state index is 9.10. The number of pyridine rings is 1. The van der Waals surface area contributed by atoms with Crippen LogP contribution < -0.4 is 15.4 Å². The molecule has 136 valence electrons. The van der Waals surface area contributed by atoms with Gasteiger partial charge in [-0.05, 0) is 28.3 Å². The smallest absolute Gasteiger partial charge is 0.224 e. The van der Waals surface area contributed by atoms with E-state index in [4.69, 9.17) is 9.84 Å². The fraction of sp³-hybridized carbons (Fsp3) is 0.471. The summed E-state index contributed by atoms with van der Waals surface area (Å²) in [7, 11) is 0. The number of nitrogens with one attached hydrogen (secondary N) is 2. The molecule has 0 radical (unpaired) electrons. The second-order valence-electron chi connectivity index (χ2n) is 5.79. The number of aliphatic hydroxyl groups is 1. The number of halogens is 1. The predicted molar refractivity (Wildman–Crippen MR) is 102 cm³/mol. The first-order valence-electron chi connectivity index (χ1n) is 8.34. The molecule has 0 atom stereocenters. The Labute approximate surface area is 156 Å². The Morgan fingerprint density at radius 1 is 1.16 bits per heavy atom. The van der Waals surface area contributed by atoms with Crippen LogP contribution in [-0.4, -0.2) is 39.8 Å². The van der Waals surface area contributed by atoms with Crippen molar-refractivity contribution in [3.8, 4) is 11.5 Å². The topological polar surface area (TPSA) is 92.2 Å². The molecule has 8 heteroatoms. The van der Waals surface area contributed by atoms with E-state index in [0.717, 1.165) is 18.5 Å². The lowest BCUT2D eigenvalue weighted by molar-refractivity contribution is 0.310. The maximum atomic E-state index is 9.10. The molecule has 0 aliphatic rings. The molecule has 2 rings (SSSR count). The second kappa shape index (κ2) is 9.53. The second-order valence-corrected chi connectivity index (χ2v) is 6.60. The summed E-state index contributed by atoms with van der Waals surface area (Å²) in [5.74, 6) is 2.51. The molecule has 0 aliphatic heterocycles. The average Bonchev–Trinajstić information content (AvgIpc) is 2.59. The first-order chi connectivity index (χ1) is 12.0. The van der Waals surface area contributed by atoms with Crippen LogP contribution in [0.4, 0.5) is 11.8 Å². The van der Waals surface area contributed by atoms with Gasteiger partial charge < -0.3 is 20.5 Å². The van der Waals surface area contributed by atoms with E-state index in [2.05, 4.69) is 62.3 Å². The summed E-state index contributed by atoms with van der Waals surface area (Å²) in [6.45, 7) is 7.39. The van der Waals surface area contributed by atoms with Crippen molar-refractivity contribution in [1.82, 2.24) is 15.0 Å². The number of hydrogen-bond acceptors (Lipinski definition) is 7. The lowest BCUT2D eigenvalue weighted by Crippen LogP contribution is -2.11. The molecule has 2 aromatic heterocycles. The molecule has 0 saturated heterocycles. The highest BCUT2D eigenvalue weighted by atomic mass is 79.9. The normalized spacial score (nSPS) is 10.8. The van der Waals surface area contributed by atoms with Crippen LogP contribution >= 0.6 is 15.9 Å². The molecule has 3 N–H and O–H groups in total. The van der Waals surface area contributed by atoms with E-state index >= 15 is 0 Å². The highest BCUT2D eigenvalue weighted by Crippen LogP contribution is 2.34. The van der Waals surface area contributed by atoms with Crippen LogP contribution in [0.25, 0.3) is 0 Å². The number of aliphatic hydroxyl groups excluding tert-OH is 1. The molecule has 0 aliphatic carbocycles. The summed E-state index contributed by atoms with van der Waals surface area (Å²) in [5.41, 5.74) is 0.990. The Morgan fingerprint density at radius 2 is 1.96 bits per heavy atom. The Balaban J connectivity index is 2.33. The van der Waals surface area contributed by atoms with Crippen molar-refractivity contribution >= 4 is 27.7 Å². The van der Waals surface area contributed by atoms with Crippen molar-refractivity contribution in [2.24, 2.45) is 0 Å². The van der Waals surface area contributed by atoms with Crippen molar-refractivity contribution in [1.29, 1.82) is 0 Å². The Bertz CT molecular complexity index is 697. The molecule has 0 unspecified atom stereocenters. The molecule has 7 nitrogen and oxygen atoms in total. The van der Waals surface area contributed by atoms with Gasteiger partial charge >= 0.3 is 0 Å². The van der Waals surface area contributed by atoms with Gasteiger partial charge in [0.25, 0.3) is 0 Å². The molecule has 2 aromatic rings. The van der Waals surface area contributed by atoms with Crippen LogP contribution in [0.1, 0.15) is 38.7 Å². The first kappa shape index (κ1) is 19.4. The number of aromatic nitrogens is 3. The zero-order valence-corrected chi connectivity index (χ0v) is 16.3. The van der Waals surface area contributed by atoms with Crippen molar-refractivity contribution in [3.63, 3.8) is 0 Å². The third kappa shape index (κ3) is 5.54. The molecular weight excluding hydrogens is 386 g/mol. The van der Waals surface area contributed by atoms with E-state index in [1.165, 1.54) is 0 Å². The van der Waals surface area contributed by atoms with Gasteiger partial charge in [0.1, 0.15) is 10.4 Å². The third-order valence-corrected chi connectivity index (χ3v) is 3.83. The van der Waals surface area contributed by atoms with Crippen molar-refractivity contribution in [2.75, 3.05) is 30.3 Å². The van der Waals surface area contributed by atoms with Crippen molar-refractivity contribution in [3.05, 3.63) is 28.6 Å². The number of anilines is 2. The fourth-order valence-electron chi connectivity index (χ4n) is 2.13. The summed E-state index contributed by atoms with van der Waals surface area (Å²) in [6, 6.07) is 1.83. The molecule has 25 heavy (non-hydrogen) atoms. The lowest BCUT2D eigenvalue weighted by atomic mass is 10.1. The zero-order valence-electron chi connectivity index (χ0n) is 14.7. The van der Waals surface area contributed by atoms with E-state index in [-0.39, 0.29) is 12.5 Å². The van der Waals surface area contributed by atoms with Crippen LogP contribution in [-0.2, 0) is 0 Å². The summed E-state index contributed by atoms with van der Waals surface area (Å²) < 4.78 is 6.77. The largest absolute Gasteiger partial charge is 0.451 e. The molecule has 0 fully saturated rings. The van der Waals surface area contributed by atoms with Gasteiger partial charge in [0.05, 0.1) is 12.8 Å². The number of hydrogen-bond donors (Lipinski definition) is 3. The molecule has 0 bridgehead atoms. The Morgan fingerprint density at radius 3 is 2.64 bits per heavy atom. The Hall–Kier alpha value is -1.93. The highest BCUT2D eigenvalue weighted by Gasteiger charge is 2.14. The molecule has 2 heterocycles. The van der Waals surface area contributed by atoms with Crippen LogP contribution in [0.3, 0.4) is 0 Å². The summed E-state index contributed by atoms with van der Waals surface area (Å²) in [4.78, 5) is 13.0. The molecule has 0 aromatic carbocycles. The summed E-state index contributed by atoms with van der Waals surface area (Å²) in [6.07, 6.45) is 4.40. The molecular formula is C17H24BrN5O2. The Kier molecular flexibility index (Phi) is 7.39. The lowest BCUT2D eigenvalue weighted by Gasteiger charge is -2.16. The van der Waals surface area contributed by atoms with Crippen LogP contribution in [0.2, 0.25) is 0 Å². The average molecular weight is 410 g/mol. The van der Waals surface area contributed by atoms with Gasteiger partial charge in [-0.15, -0.1) is 0 Å². The summed E-state index contributed by atoms with van der Waals surface area (Å²) in [5, 5.41) is 15.3. The number of nitrogens with zero attached hydrogens (tertiary/aromatic N) is 3. The maximum Gasteiger partial charge on any atom is 0.224 e. The monoisotopic (exact) mass is 409 g/mol. The van der Waals surface area contributed by atoms with Crippen molar-refractivity contribution in [2.45, 2.75) is 33.1 Å². The predicted octanol–water partition coefficient (Wildman–Crippen LogP) is 3.78. The molecule has 0 amide bonds. The minimum Gasteiger partial charge on any atom is -0.451 e. The van der Waals surface area contributed by atoms with E-state index in [9.17, 15) is 0 Å². The third-order valence-electron chi connectivity index (χ3n) is 3.40. The fourth-order valence-corrected chi connectivity index (χ4v) is 2.44. The minimum atomic E-state index is -0.000780. The zero-order chi connectivity index (χ0) is 18.2. The SMILES string of the molecule is CCCNc1ncc(Oc2cc(Br)ncc2C(C)C)c(NCCO)n1. The van der Waals surface area contributed by atoms with Gasteiger partial charge in [0.15, 0.2) is 11.6 Å². The van der Waals surface area contributed by atoms with E-state index in [0.29, 0.717) is 34.4 Å². The first-order valence-corrected chi connectivity index (χ1v) is 9.13. The van der Waals surface area contributed by atoms with E-state index < -0.39 is 0 Å². The van der Waals surface area contributed by atoms with Gasteiger partial charge in [-0.2, -0.15) is 4.98 Å². The summed E-state index contributed by atoms with van der Waals surface area (Å²) >= 11 is 3.38. The van der Waals surface area contributed by atoms with Gasteiger partial charge in [0, 0.05) is 30.9 Å². The molecule has 0 saturated carbocycles. The van der Waals surface area contributed by atoms with Gasteiger partial charge in [-0.3, -0.25) is 0 Å². The number of ether oxygens (including phenoxy) is 1. The van der Waals surface area contributed by atoms with Crippen LogP contribution in [0.15, 0.2) is 23.1 Å².